The average molecular weight is 313 g/mol. The van der Waals surface area contributed by atoms with Gasteiger partial charge in [0.2, 0.25) is 0 Å². The molecule has 0 bridgehead atoms. The van der Waals surface area contributed by atoms with Crippen molar-refractivity contribution >= 4 is 23.5 Å². The van der Waals surface area contributed by atoms with E-state index in [9.17, 15) is 4.79 Å². The van der Waals surface area contributed by atoms with Gasteiger partial charge >= 0.3 is 6.03 Å². The van der Waals surface area contributed by atoms with Crippen LogP contribution in [0.25, 0.3) is 0 Å². The molecule has 112 valence electrons. The highest BCUT2D eigenvalue weighted by molar-refractivity contribution is 7.99. The third kappa shape index (κ3) is 2.95. The first-order valence-electron chi connectivity index (χ1n) is 6.93. The standard InChI is InChI=1S/C16H15N3O2S/c1-11-2-7-14(21-11)15-19(8-9-22-15)16(20)18-13-5-3-12(10-17)4-6-13/h2-7,15H,8-9H2,1H3,(H,18,20). The van der Waals surface area contributed by atoms with E-state index < -0.39 is 0 Å². The Kier molecular flexibility index (Phi) is 4.07. The lowest BCUT2D eigenvalue weighted by Gasteiger charge is -2.22. The summed E-state index contributed by atoms with van der Waals surface area (Å²) in [5, 5.41) is 11.6. The molecule has 22 heavy (non-hydrogen) atoms. The van der Waals surface area contributed by atoms with Crippen molar-refractivity contribution in [3.63, 3.8) is 0 Å². The Morgan fingerprint density at radius 2 is 2.14 bits per heavy atom. The van der Waals surface area contributed by atoms with Crippen LogP contribution in [0.2, 0.25) is 0 Å². The van der Waals surface area contributed by atoms with Crippen molar-refractivity contribution < 1.29 is 9.21 Å². The van der Waals surface area contributed by atoms with Crippen LogP contribution in [0.4, 0.5) is 10.5 Å². The molecule has 0 spiro atoms. The van der Waals surface area contributed by atoms with Crippen LogP contribution in [0.1, 0.15) is 22.5 Å². The second-order valence-electron chi connectivity index (χ2n) is 4.98. The molecule has 5 nitrogen and oxygen atoms in total. The number of amides is 2. The van der Waals surface area contributed by atoms with Gasteiger partial charge in [0.1, 0.15) is 16.9 Å². The van der Waals surface area contributed by atoms with Crippen molar-refractivity contribution in [2.24, 2.45) is 0 Å². The van der Waals surface area contributed by atoms with Crippen LogP contribution in [0.5, 0.6) is 0 Å². The number of hydrogen-bond acceptors (Lipinski definition) is 4. The minimum atomic E-state index is -0.159. The summed E-state index contributed by atoms with van der Waals surface area (Å²) in [7, 11) is 0. The molecule has 1 fully saturated rings. The third-order valence-corrected chi connectivity index (χ3v) is 4.64. The van der Waals surface area contributed by atoms with E-state index in [1.54, 1.807) is 40.9 Å². The molecule has 1 N–H and O–H groups in total. The summed E-state index contributed by atoms with van der Waals surface area (Å²) < 4.78 is 5.65. The normalized spacial score (nSPS) is 17.3. The molecule has 0 saturated carbocycles. The minimum Gasteiger partial charge on any atom is -0.463 e. The third-order valence-electron chi connectivity index (χ3n) is 3.42. The van der Waals surface area contributed by atoms with Crippen LogP contribution in [0.3, 0.4) is 0 Å². The zero-order valence-electron chi connectivity index (χ0n) is 12.1. The molecule has 1 unspecified atom stereocenters. The number of rotatable bonds is 2. The summed E-state index contributed by atoms with van der Waals surface area (Å²) in [6.45, 7) is 2.57. The molecule has 1 aliphatic heterocycles. The SMILES string of the molecule is Cc1ccc(C2SCCN2C(=O)Nc2ccc(C#N)cc2)o1. The summed E-state index contributed by atoms with van der Waals surface area (Å²) >= 11 is 1.69. The topological polar surface area (TPSA) is 69.3 Å². The van der Waals surface area contributed by atoms with Crippen molar-refractivity contribution in [1.29, 1.82) is 5.26 Å². The van der Waals surface area contributed by atoms with E-state index in [4.69, 9.17) is 9.68 Å². The zero-order valence-corrected chi connectivity index (χ0v) is 12.9. The maximum Gasteiger partial charge on any atom is 0.323 e. The minimum absolute atomic E-state index is 0.0907. The highest BCUT2D eigenvalue weighted by Crippen LogP contribution is 2.38. The fourth-order valence-electron chi connectivity index (χ4n) is 2.32. The quantitative estimate of drug-likeness (QED) is 0.917. The predicted molar refractivity (Wildman–Crippen MR) is 85.5 cm³/mol. The number of carbonyl (C=O) groups excluding carboxylic acids is 1. The zero-order chi connectivity index (χ0) is 15.5. The molecule has 3 rings (SSSR count). The Hall–Kier alpha value is -2.39. The second-order valence-corrected chi connectivity index (χ2v) is 6.17. The predicted octanol–water partition coefficient (Wildman–Crippen LogP) is 3.74. The number of furan rings is 1. The number of hydrogen-bond donors (Lipinski definition) is 1. The lowest BCUT2D eigenvalue weighted by molar-refractivity contribution is 0.209. The molecule has 2 amide bonds. The number of carbonyl (C=O) groups is 1. The van der Waals surface area contributed by atoms with Gasteiger partial charge in [0.05, 0.1) is 11.6 Å². The van der Waals surface area contributed by atoms with Crippen LogP contribution in [0.15, 0.2) is 40.8 Å². The van der Waals surface area contributed by atoms with E-state index >= 15 is 0 Å². The summed E-state index contributed by atoms with van der Waals surface area (Å²) in [5.41, 5.74) is 1.24. The molecule has 2 aromatic rings. The largest absolute Gasteiger partial charge is 0.463 e. The van der Waals surface area contributed by atoms with Crippen molar-refractivity contribution in [1.82, 2.24) is 4.90 Å². The van der Waals surface area contributed by atoms with Crippen LogP contribution >= 0.6 is 11.8 Å². The van der Waals surface area contributed by atoms with Crippen molar-refractivity contribution in [3.05, 3.63) is 53.5 Å². The molecule has 2 heterocycles. The van der Waals surface area contributed by atoms with E-state index in [0.717, 1.165) is 17.3 Å². The molecule has 0 radical (unpaired) electrons. The van der Waals surface area contributed by atoms with Gasteiger partial charge in [-0.25, -0.2) is 4.79 Å². The van der Waals surface area contributed by atoms with Crippen LogP contribution < -0.4 is 5.32 Å². The fourth-order valence-corrected chi connectivity index (χ4v) is 3.52. The Bertz CT molecular complexity index is 718. The molecule has 1 saturated heterocycles. The first-order valence-corrected chi connectivity index (χ1v) is 7.98. The van der Waals surface area contributed by atoms with Gasteiger partial charge in [-0.05, 0) is 43.3 Å². The fraction of sp³-hybridized carbons (Fsp3) is 0.250. The Balaban J connectivity index is 1.72. The molecule has 0 aliphatic carbocycles. The Labute approximate surface area is 132 Å². The molecular weight excluding hydrogens is 298 g/mol. The molecular formula is C16H15N3O2S. The summed E-state index contributed by atoms with van der Waals surface area (Å²) in [5.74, 6) is 2.52. The number of nitriles is 1. The van der Waals surface area contributed by atoms with Gasteiger partial charge in [0.25, 0.3) is 0 Å². The molecule has 1 aliphatic rings. The molecule has 1 atom stereocenters. The number of thioether (sulfide) groups is 1. The van der Waals surface area contributed by atoms with Gasteiger partial charge < -0.3 is 14.6 Å². The van der Waals surface area contributed by atoms with E-state index in [2.05, 4.69) is 11.4 Å². The maximum atomic E-state index is 12.5. The van der Waals surface area contributed by atoms with Gasteiger partial charge in [-0.3, -0.25) is 0 Å². The number of nitrogens with zero attached hydrogens (tertiary/aromatic N) is 2. The van der Waals surface area contributed by atoms with E-state index in [1.165, 1.54) is 0 Å². The first kappa shape index (κ1) is 14.5. The van der Waals surface area contributed by atoms with Crippen molar-refractivity contribution in [2.45, 2.75) is 12.3 Å². The first-order chi connectivity index (χ1) is 10.7. The van der Waals surface area contributed by atoms with E-state index in [-0.39, 0.29) is 11.4 Å². The number of urea groups is 1. The average Bonchev–Trinajstić information content (AvgIpc) is 3.16. The lowest BCUT2D eigenvalue weighted by Crippen LogP contribution is -2.34. The van der Waals surface area contributed by atoms with Crippen LogP contribution in [-0.2, 0) is 0 Å². The molecule has 1 aromatic heterocycles. The molecule has 1 aromatic carbocycles. The van der Waals surface area contributed by atoms with Gasteiger partial charge in [-0.15, -0.1) is 11.8 Å². The monoisotopic (exact) mass is 313 g/mol. The smallest absolute Gasteiger partial charge is 0.323 e. The van der Waals surface area contributed by atoms with Crippen molar-refractivity contribution in [2.75, 3.05) is 17.6 Å². The van der Waals surface area contributed by atoms with E-state index in [1.807, 2.05) is 19.1 Å². The Morgan fingerprint density at radius 3 is 2.77 bits per heavy atom. The van der Waals surface area contributed by atoms with Crippen LogP contribution in [-0.4, -0.2) is 23.2 Å². The number of benzene rings is 1. The van der Waals surface area contributed by atoms with Gasteiger partial charge in [-0.2, -0.15) is 5.26 Å². The number of anilines is 1. The number of aryl methyl sites for hydroxylation is 1. The van der Waals surface area contributed by atoms with Gasteiger partial charge in [0.15, 0.2) is 0 Å². The van der Waals surface area contributed by atoms with Crippen LogP contribution in [0, 0.1) is 18.3 Å². The summed E-state index contributed by atoms with van der Waals surface area (Å²) in [6.07, 6.45) is 0. The van der Waals surface area contributed by atoms with E-state index in [0.29, 0.717) is 17.8 Å². The molecule has 6 heteroatoms. The van der Waals surface area contributed by atoms with Gasteiger partial charge in [0, 0.05) is 18.0 Å². The Morgan fingerprint density at radius 1 is 1.36 bits per heavy atom. The maximum absolute atomic E-state index is 12.5. The van der Waals surface area contributed by atoms with Gasteiger partial charge in [-0.1, -0.05) is 0 Å². The van der Waals surface area contributed by atoms with Crippen molar-refractivity contribution in [3.8, 4) is 6.07 Å². The lowest BCUT2D eigenvalue weighted by atomic mass is 10.2. The highest BCUT2D eigenvalue weighted by Gasteiger charge is 2.32. The second kappa shape index (κ2) is 6.16. The summed E-state index contributed by atoms with van der Waals surface area (Å²) in [4.78, 5) is 14.2. The summed E-state index contributed by atoms with van der Waals surface area (Å²) in [6, 6.07) is 12.5. The number of nitrogens with one attached hydrogen (secondary N) is 1. The highest BCUT2D eigenvalue weighted by atomic mass is 32.2.